The maximum Gasteiger partial charge on any atom is 0.335 e. The van der Waals surface area contributed by atoms with E-state index >= 15 is 0 Å². The molecule has 0 saturated carbocycles. The molecule has 8 nitrogen and oxygen atoms in total. The van der Waals surface area contributed by atoms with Crippen molar-refractivity contribution in [2.45, 2.75) is 64.8 Å². The minimum atomic E-state index is -0.668. The first-order valence-electron chi connectivity index (χ1n) is 10.3. The summed E-state index contributed by atoms with van der Waals surface area (Å²) in [4.78, 5) is 38.0. The van der Waals surface area contributed by atoms with Crippen molar-refractivity contribution in [2.24, 2.45) is 5.92 Å². The Morgan fingerprint density at radius 1 is 1.23 bits per heavy atom. The number of nitrogens with one attached hydrogen (secondary N) is 1. The third-order valence-corrected chi connectivity index (χ3v) is 6.39. The number of piperidine rings is 1. The SMILES string of the molecule is CC[C@]12CC(=O)N[C@@H](C1C)[C@H](n1cc(C)c(=O)n(COCc3ccccc3)c1=O)O2. The zero-order valence-corrected chi connectivity index (χ0v) is 17.5. The summed E-state index contributed by atoms with van der Waals surface area (Å²) in [6.45, 7) is 5.80. The van der Waals surface area contributed by atoms with Gasteiger partial charge >= 0.3 is 5.69 Å². The molecular weight excluding hydrogens is 386 g/mol. The van der Waals surface area contributed by atoms with Gasteiger partial charge in [-0.05, 0) is 18.9 Å². The maximum atomic E-state index is 13.2. The number of aromatic nitrogens is 2. The zero-order chi connectivity index (χ0) is 21.5. The summed E-state index contributed by atoms with van der Waals surface area (Å²) < 4.78 is 14.5. The Labute approximate surface area is 174 Å². The largest absolute Gasteiger partial charge is 0.356 e. The van der Waals surface area contributed by atoms with Crippen LogP contribution in [0.15, 0.2) is 46.1 Å². The van der Waals surface area contributed by atoms with Gasteiger partial charge in [-0.1, -0.05) is 44.2 Å². The van der Waals surface area contributed by atoms with Crippen LogP contribution in [0.1, 0.15) is 44.0 Å². The van der Waals surface area contributed by atoms with Crippen molar-refractivity contribution in [1.29, 1.82) is 0 Å². The highest BCUT2D eigenvalue weighted by atomic mass is 16.5. The van der Waals surface area contributed by atoms with E-state index in [0.717, 1.165) is 10.1 Å². The summed E-state index contributed by atoms with van der Waals surface area (Å²) in [5, 5.41) is 2.97. The molecule has 1 aromatic carbocycles. The Kier molecular flexibility index (Phi) is 5.38. The quantitative estimate of drug-likeness (QED) is 0.778. The molecule has 4 rings (SSSR count). The van der Waals surface area contributed by atoms with Crippen LogP contribution in [0.4, 0.5) is 0 Å². The minimum Gasteiger partial charge on any atom is -0.356 e. The molecule has 160 valence electrons. The molecule has 3 heterocycles. The van der Waals surface area contributed by atoms with Gasteiger partial charge in [0.25, 0.3) is 5.56 Å². The molecule has 1 unspecified atom stereocenters. The second kappa shape index (κ2) is 7.85. The molecule has 1 amide bonds. The van der Waals surface area contributed by atoms with Gasteiger partial charge in [0.2, 0.25) is 5.91 Å². The van der Waals surface area contributed by atoms with E-state index in [9.17, 15) is 14.4 Å². The maximum absolute atomic E-state index is 13.2. The number of nitrogens with zero attached hydrogens (tertiary/aromatic N) is 2. The van der Waals surface area contributed by atoms with Crippen LogP contribution in [-0.2, 0) is 27.6 Å². The van der Waals surface area contributed by atoms with E-state index < -0.39 is 23.1 Å². The summed E-state index contributed by atoms with van der Waals surface area (Å²) in [5.41, 5.74) is -0.146. The first-order chi connectivity index (χ1) is 14.4. The summed E-state index contributed by atoms with van der Waals surface area (Å²) >= 11 is 0. The van der Waals surface area contributed by atoms with Crippen LogP contribution in [0.5, 0.6) is 0 Å². The Morgan fingerprint density at radius 2 is 1.97 bits per heavy atom. The van der Waals surface area contributed by atoms with Gasteiger partial charge in [0.1, 0.15) is 6.73 Å². The van der Waals surface area contributed by atoms with Crippen molar-refractivity contribution in [2.75, 3.05) is 0 Å². The van der Waals surface area contributed by atoms with E-state index in [1.165, 1.54) is 10.8 Å². The van der Waals surface area contributed by atoms with Crippen LogP contribution in [0, 0.1) is 12.8 Å². The number of aryl methyl sites for hydroxylation is 1. The van der Waals surface area contributed by atoms with E-state index in [1.54, 1.807) is 6.92 Å². The predicted molar refractivity (Wildman–Crippen MR) is 110 cm³/mol. The van der Waals surface area contributed by atoms with Crippen LogP contribution < -0.4 is 16.6 Å². The third-order valence-electron chi connectivity index (χ3n) is 6.39. The minimum absolute atomic E-state index is 0.0483. The van der Waals surface area contributed by atoms with E-state index in [4.69, 9.17) is 9.47 Å². The number of fused-ring (bicyclic) bond motifs is 2. The molecule has 8 heteroatoms. The highest BCUT2D eigenvalue weighted by molar-refractivity contribution is 5.79. The molecule has 30 heavy (non-hydrogen) atoms. The van der Waals surface area contributed by atoms with Crippen LogP contribution in [0.2, 0.25) is 0 Å². The van der Waals surface area contributed by atoms with Crippen molar-refractivity contribution in [1.82, 2.24) is 14.5 Å². The molecule has 1 aromatic heterocycles. The fraction of sp³-hybridized carbons (Fsp3) is 0.500. The van der Waals surface area contributed by atoms with Crippen LogP contribution in [0.3, 0.4) is 0 Å². The van der Waals surface area contributed by atoms with Gasteiger partial charge in [0.05, 0.1) is 24.7 Å². The Morgan fingerprint density at radius 3 is 2.67 bits per heavy atom. The average molecular weight is 413 g/mol. The van der Waals surface area contributed by atoms with Gasteiger partial charge in [0.15, 0.2) is 6.23 Å². The number of carbonyl (C=O) groups excluding carboxylic acids is 1. The molecule has 2 fully saturated rings. The van der Waals surface area contributed by atoms with E-state index in [0.29, 0.717) is 12.0 Å². The lowest BCUT2D eigenvalue weighted by Gasteiger charge is -2.35. The molecule has 1 N–H and O–H groups in total. The predicted octanol–water partition coefficient (Wildman–Crippen LogP) is 1.69. The van der Waals surface area contributed by atoms with Gasteiger partial charge in [-0.25, -0.2) is 9.36 Å². The first kappa shape index (κ1) is 20.6. The molecule has 0 spiro atoms. The number of rotatable bonds is 6. The number of ether oxygens (including phenoxy) is 2. The van der Waals surface area contributed by atoms with Crippen molar-refractivity contribution < 1.29 is 14.3 Å². The van der Waals surface area contributed by atoms with Gasteiger partial charge in [-0.2, -0.15) is 0 Å². The lowest BCUT2D eigenvalue weighted by molar-refractivity contribution is -0.133. The second-order valence-corrected chi connectivity index (χ2v) is 8.18. The van der Waals surface area contributed by atoms with Crippen molar-refractivity contribution in [3.8, 4) is 0 Å². The summed E-state index contributed by atoms with van der Waals surface area (Å²) in [6, 6.07) is 9.21. The number of benzene rings is 1. The van der Waals surface area contributed by atoms with Gasteiger partial charge < -0.3 is 14.8 Å². The molecule has 2 aliphatic heterocycles. The van der Waals surface area contributed by atoms with Crippen molar-refractivity contribution >= 4 is 5.91 Å². The number of carbonyl (C=O) groups is 1. The lowest BCUT2D eigenvalue weighted by atomic mass is 9.78. The second-order valence-electron chi connectivity index (χ2n) is 8.18. The molecule has 2 saturated heterocycles. The molecular formula is C22H27N3O5. The van der Waals surface area contributed by atoms with Crippen molar-refractivity contribution in [3.05, 3.63) is 68.5 Å². The molecule has 2 aliphatic rings. The van der Waals surface area contributed by atoms with Crippen LogP contribution in [0.25, 0.3) is 0 Å². The summed E-state index contributed by atoms with van der Waals surface area (Å²) in [5.74, 6) is -0.0288. The van der Waals surface area contributed by atoms with Crippen LogP contribution >= 0.6 is 0 Å². The molecule has 2 bridgehead atoms. The topological polar surface area (TPSA) is 91.6 Å². The fourth-order valence-corrected chi connectivity index (χ4v) is 4.55. The smallest absolute Gasteiger partial charge is 0.335 e. The van der Waals surface area contributed by atoms with Gasteiger partial charge in [-0.15, -0.1) is 0 Å². The highest BCUT2D eigenvalue weighted by Gasteiger charge is 2.57. The number of hydrogen-bond acceptors (Lipinski definition) is 5. The van der Waals surface area contributed by atoms with Gasteiger partial charge in [-0.3, -0.25) is 14.2 Å². The molecule has 4 atom stereocenters. The summed E-state index contributed by atoms with van der Waals surface area (Å²) in [7, 11) is 0. The Balaban J connectivity index is 1.64. The number of hydrogen-bond donors (Lipinski definition) is 1. The highest BCUT2D eigenvalue weighted by Crippen LogP contribution is 2.47. The molecule has 0 radical (unpaired) electrons. The third kappa shape index (κ3) is 3.40. The fourth-order valence-electron chi connectivity index (χ4n) is 4.55. The monoisotopic (exact) mass is 413 g/mol. The average Bonchev–Trinajstić information content (AvgIpc) is 2.90. The van der Waals surface area contributed by atoms with E-state index in [2.05, 4.69) is 5.32 Å². The Hall–Kier alpha value is -2.71. The zero-order valence-electron chi connectivity index (χ0n) is 17.5. The first-order valence-corrected chi connectivity index (χ1v) is 10.3. The molecule has 0 aliphatic carbocycles. The lowest BCUT2D eigenvalue weighted by Crippen LogP contribution is -2.53. The normalized spacial score (nSPS) is 27.8. The number of amides is 1. The Bertz CT molecular complexity index is 1060. The summed E-state index contributed by atoms with van der Waals surface area (Å²) in [6.07, 6.45) is 1.79. The van der Waals surface area contributed by atoms with Crippen LogP contribution in [-0.4, -0.2) is 26.7 Å². The van der Waals surface area contributed by atoms with E-state index in [1.807, 2.05) is 44.2 Å². The van der Waals surface area contributed by atoms with Crippen molar-refractivity contribution in [3.63, 3.8) is 0 Å². The standard InChI is InChI=1S/C22H27N3O5/c1-4-22-10-17(26)23-18(15(22)3)20(30-22)24-11-14(2)19(27)25(21(24)28)13-29-12-16-8-6-5-7-9-16/h5-9,11,15,18,20H,4,10,12-13H2,1-3H3,(H,23,26)/t15?,18-,20+,22-/m0/s1. The van der Waals surface area contributed by atoms with E-state index in [-0.39, 0.29) is 37.6 Å². The molecule has 2 aromatic rings. The van der Waals surface area contributed by atoms with Gasteiger partial charge in [0, 0.05) is 17.7 Å².